The molecule has 0 radical (unpaired) electrons. The highest BCUT2D eigenvalue weighted by Crippen LogP contribution is 2.31. The number of pyridine rings is 1. The molecule has 37 heavy (non-hydrogen) atoms. The first-order valence-electron chi connectivity index (χ1n) is 11.9. The monoisotopic (exact) mass is 500 g/mol. The molecule has 0 N–H and O–H groups in total. The zero-order valence-electron chi connectivity index (χ0n) is 20.5. The van der Waals surface area contributed by atoms with E-state index in [0.717, 1.165) is 18.4 Å². The first-order chi connectivity index (χ1) is 18.0. The summed E-state index contributed by atoms with van der Waals surface area (Å²) < 4.78 is 28.5. The molecule has 0 spiro atoms. The summed E-state index contributed by atoms with van der Waals surface area (Å²) >= 11 is 0. The Kier molecular flexibility index (Phi) is 6.64. The highest BCUT2D eigenvalue weighted by atomic mass is 19.1. The van der Waals surface area contributed by atoms with Gasteiger partial charge in [0.05, 0.1) is 36.1 Å². The van der Waals surface area contributed by atoms with Crippen molar-refractivity contribution in [2.75, 3.05) is 20.2 Å². The van der Waals surface area contributed by atoms with E-state index >= 15 is 0 Å². The van der Waals surface area contributed by atoms with Crippen molar-refractivity contribution in [3.8, 4) is 34.8 Å². The van der Waals surface area contributed by atoms with Crippen LogP contribution in [0.25, 0.3) is 16.7 Å². The summed E-state index contributed by atoms with van der Waals surface area (Å²) in [7, 11) is 1.39. The number of rotatable bonds is 5. The average Bonchev–Trinajstić information content (AvgIpc) is 3.22. The molecule has 1 aliphatic rings. The Morgan fingerprint density at radius 3 is 2.65 bits per heavy atom. The lowest BCUT2D eigenvalue weighted by molar-refractivity contribution is -0.126. The normalized spacial score (nSPS) is 15.2. The van der Waals surface area contributed by atoms with Gasteiger partial charge in [-0.3, -0.25) is 18.9 Å². The maximum atomic E-state index is 14.5. The van der Waals surface area contributed by atoms with Crippen LogP contribution in [0.2, 0.25) is 0 Å². The first kappa shape index (κ1) is 24.1. The van der Waals surface area contributed by atoms with Crippen LogP contribution in [-0.4, -0.2) is 45.1 Å². The van der Waals surface area contributed by atoms with E-state index in [4.69, 9.17) is 9.47 Å². The van der Waals surface area contributed by atoms with Gasteiger partial charge in [0.1, 0.15) is 5.75 Å². The van der Waals surface area contributed by atoms with Gasteiger partial charge in [-0.1, -0.05) is 12.0 Å². The SMILES string of the molecule is CC#CC(=O)N1CCC[C@@H](n2c(=O)n(-c3ccc(Oc4cccc(OC)c4F)cc3)c3cnccc32)C1. The molecule has 9 heteroatoms. The zero-order valence-corrected chi connectivity index (χ0v) is 20.5. The number of halogens is 1. The predicted octanol–water partition coefficient (Wildman–Crippen LogP) is 4.31. The van der Waals surface area contributed by atoms with E-state index in [0.29, 0.717) is 30.0 Å². The van der Waals surface area contributed by atoms with Crippen LogP contribution in [0.15, 0.2) is 65.7 Å². The Balaban J connectivity index is 1.49. The summed E-state index contributed by atoms with van der Waals surface area (Å²) in [5.41, 5.74) is 1.77. The second-order valence-corrected chi connectivity index (χ2v) is 8.64. The Bertz CT molecular complexity index is 1580. The van der Waals surface area contributed by atoms with Gasteiger partial charge in [0.2, 0.25) is 5.82 Å². The standard InChI is InChI=1S/C28H25FN4O4/c1-3-6-26(34)31-16-5-7-20(18-31)33-22-14-15-30-17-23(22)32(28(33)35)19-10-12-21(13-11-19)37-25-9-4-8-24(36-2)27(25)29/h4,8-15,17,20H,5,7,16,18H2,1-2H3/t20-/m1/s1. The first-order valence-corrected chi connectivity index (χ1v) is 11.9. The van der Waals surface area contributed by atoms with Crippen molar-refractivity contribution < 1.29 is 18.7 Å². The number of imidazole rings is 1. The maximum Gasteiger partial charge on any atom is 0.334 e. The molecule has 1 fully saturated rings. The zero-order chi connectivity index (χ0) is 25.9. The molecule has 3 heterocycles. The maximum absolute atomic E-state index is 14.5. The fourth-order valence-electron chi connectivity index (χ4n) is 4.72. The molecule has 8 nitrogen and oxygen atoms in total. The van der Waals surface area contributed by atoms with E-state index in [1.54, 1.807) is 63.7 Å². The minimum atomic E-state index is -0.593. The van der Waals surface area contributed by atoms with E-state index in [2.05, 4.69) is 16.8 Å². The topological polar surface area (TPSA) is 78.6 Å². The largest absolute Gasteiger partial charge is 0.494 e. The number of amides is 1. The molecule has 2 aromatic carbocycles. The summed E-state index contributed by atoms with van der Waals surface area (Å²) in [5, 5.41) is 0. The van der Waals surface area contributed by atoms with Crippen molar-refractivity contribution in [1.29, 1.82) is 0 Å². The Hall–Kier alpha value is -4.58. The van der Waals surface area contributed by atoms with E-state index in [9.17, 15) is 14.0 Å². The van der Waals surface area contributed by atoms with E-state index < -0.39 is 5.82 Å². The fraction of sp³-hybridized carbons (Fsp3) is 0.250. The van der Waals surface area contributed by atoms with Crippen molar-refractivity contribution >= 4 is 16.9 Å². The van der Waals surface area contributed by atoms with Gasteiger partial charge in [0.15, 0.2) is 11.5 Å². The number of ether oxygens (including phenoxy) is 2. The highest BCUT2D eigenvalue weighted by Gasteiger charge is 2.28. The molecular weight excluding hydrogens is 475 g/mol. The van der Waals surface area contributed by atoms with Gasteiger partial charge in [0, 0.05) is 19.3 Å². The molecule has 0 unspecified atom stereocenters. The second-order valence-electron chi connectivity index (χ2n) is 8.64. The molecule has 188 valence electrons. The minimum absolute atomic E-state index is 0.0363. The van der Waals surface area contributed by atoms with Crippen molar-refractivity contribution in [2.45, 2.75) is 25.8 Å². The van der Waals surface area contributed by atoms with Crippen LogP contribution < -0.4 is 15.2 Å². The van der Waals surface area contributed by atoms with Gasteiger partial charge in [-0.05, 0) is 68.2 Å². The third kappa shape index (κ3) is 4.54. The molecule has 0 saturated carbocycles. The molecule has 4 aromatic rings. The van der Waals surface area contributed by atoms with Crippen molar-refractivity contribution in [2.24, 2.45) is 0 Å². The molecular formula is C28H25FN4O4. The molecule has 0 aliphatic carbocycles. The van der Waals surface area contributed by atoms with Crippen molar-refractivity contribution in [3.05, 3.63) is 77.2 Å². The van der Waals surface area contributed by atoms with Gasteiger partial charge >= 0.3 is 5.69 Å². The lowest BCUT2D eigenvalue weighted by atomic mass is 10.1. The van der Waals surface area contributed by atoms with E-state index in [-0.39, 0.29) is 29.1 Å². The minimum Gasteiger partial charge on any atom is -0.494 e. The molecule has 1 aliphatic heterocycles. The number of hydrogen-bond donors (Lipinski definition) is 0. The number of carbonyl (C=O) groups is 1. The van der Waals surface area contributed by atoms with Crippen LogP contribution in [0, 0.1) is 17.7 Å². The van der Waals surface area contributed by atoms with Gasteiger partial charge in [0.25, 0.3) is 5.91 Å². The van der Waals surface area contributed by atoms with Gasteiger partial charge in [-0.15, -0.1) is 0 Å². The lowest BCUT2D eigenvalue weighted by Gasteiger charge is -2.32. The van der Waals surface area contributed by atoms with Gasteiger partial charge in [-0.2, -0.15) is 4.39 Å². The number of aromatic nitrogens is 3. The number of piperidine rings is 1. The van der Waals surface area contributed by atoms with Crippen LogP contribution >= 0.6 is 0 Å². The van der Waals surface area contributed by atoms with E-state index in [1.165, 1.54) is 19.2 Å². The van der Waals surface area contributed by atoms with Crippen molar-refractivity contribution in [1.82, 2.24) is 19.0 Å². The number of methoxy groups -OCH3 is 1. The van der Waals surface area contributed by atoms with Crippen LogP contribution in [0.1, 0.15) is 25.8 Å². The summed E-state index contributed by atoms with van der Waals surface area (Å²) in [6.45, 7) is 2.66. The van der Waals surface area contributed by atoms with Crippen LogP contribution in [0.5, 0.6) is 17.2 Å². The van der Waals surface area contributed by atoms with Crippen LogP contribution in [-0.2, 0) is 4.79 Å². The van der Waals surface area contributed by atoms with Gasteiger partial charge in [-0.25, -0.2) is 4.79 Å². The third-order valence-electron chi connectivity index (χ3n) is 6.43. The summed E-state index contributed by atoms with van der Waals surface area (Å²) in [4.78, 5) is 32.1. The van der Waals surface area contributed by atoms with E-state index in [1.807, 2.05) is 6.07 Å². The molecule has 1 saturated heterocycles. The molecule has 2 aromatic heterocycles. The summed E-state index contributed by atoms with van der Waals surface area (Å²) in [6, 6.07) is 13.1. The Morgan fingerprint density at radius 1 is 1.11 bits per heavy atom. The average molecular weight is 501 g/mol. The van der Waals surface area contributed by atoms with Crippen molar-refractivity contribution in [3.63, 3.8) is 0 Å². The smallest absolute Gasteiger partial charge is 0.334 e. The molecule has 1 atom stereocenters. The fourth-order valence-corrected chi connectivity index (χ4v) is 4.72. The van der Waals surface area contributed by atoms with Crippen LogP contribution in [0.4, 0.5) is 4.39 Å². The lowest BCUT2D eigenvalue weighted by Crippen LogP contribution is -2.42. The number of benzene rings is 2. The van der Waals surface area contributed by atoms with Gasteiger partial charge < -0.3 is 14.4 Å². The highest BCUT2D eigenvalue weighted by molar-refractivity contribution is 5.93. The third-order valence-corrected chi connectivity index (χ3v) is 6.43. The summed E-state index contributed by atoms with van der Waals surface area (Å²) in [5.74, 6) is 4.96. The number of nitrogens with zero attached hydrogens (tertiary/aromatic N) is 4. The molecule has 5 rings (SSSR count). The quantitative estimate of drug-likeness (QED) is 0.382. The number of carbonyl (C=O) groups excluding carboxylic acids is 1. The van der Waals surface area contributed by atoms with Crippen LogP contribution in [0.3, 0.4) is 0 Å². The molecule has 1 amide bonds. The number of hydrogen-bond acceptors (Lipinski definition) is 5. The number of likely N-dealkylation sites (tertiary alicyclic amines) is 1. The molecule has 0 bridgehead atoms. The second kappa shape index (κ2) is 10.2. The Labute approximate surface area is 212 Å². The Morgan fingerprint density at radius 2 is 1.89 bits per heavy atom. The number of fused-ring (bicyclic) bond motifs is 1. The predicted molar refractivity (Wildman–Crippen MR) is 137 cm³/mol. The summed E-state index contributed by atoms with van der Waals surface area (Å²) in [6.07, 6.45) is 4.84.